The summed E-state index contributed by atoms with van der Waals surface area (Å²) >= 11 is 0. The van der Waals surface area contributed by atoms with Crippen molar-refractivity contribution in [3.8, 4) is 17.1 Å². The van der Waals surface area contributed by atoms with E-state index in [9.17, 15) is 23.3 Å². The topological polar surface area (TPSA) is 81.1 Å². The molecular formula is C14H8F3N3O3. The lowest BCUT2D eigenvalue weighted by Gasteiger charge is -2.10. The molecule has 0 atom stereocenters. The van der Waals surface area contributed by atoms with Crippen molar-refractivity contribution < 1.29 is 22.8 Å². The van der Waals surface area contributed by atoms with E-state index in [1.165, 1.54) is 12.1 Å². The fourth-order valence-corrected chi connectivity index (χ4v) is 2.19. The molecule has 1 aromatic heterocycles. The number of halogens is 3. The molecule has 118 valence electrons. The number of hydrogen-bond donors (Lipinski definition) is 1. The number of aromatic amines is 1. The second-order valence-corrected chi connectivity index (χ2v) is 4.56. The SMILES string of the molecule is O=[N+]([O-])c1c(OC(F)(F)F)cccc1-c1nc2ccccc2[nH]1. The molecule has 0 fully saturated rings. The molecule has 1 N–H and O–H groups in total. The predicted octanol–water partition coefficient (Wildman–Crippen LogP) is 4.04. The van der Waals surface area contributed by atoms with Gasteiger partial charge in [-0.05, 0) is 24.3 Å². The van der Waals surface area contributed by atoms with E-state index in [4.69, 9.17) is 0 Å². The highest BCUT2D eigenvalue weighted by Crippen LogP contribution is 2.39. The number of hydrogen-bond acceptors (Lipinski definition) is 4. The van der Waals surface area contributed by atoms with Gasteiger partial charge in [-0.15, -0.1) is 13.2 Å². The molecule has 3 aromatic rings. The minimum absolute atomic E-state index is 0.0884. The molecule has 2 aromatic carbocycles. The van der Waals surface area contributed by atoms with Gasteiger partial charge in [0.1, 0.15) is 5.82 Å². The largest absolute Gasteiger partial charge is 0.573 e. The predicted molar refractivity (Wildman–Crippen MR) is 74.9 cm³/mol. The maximum absolute atomic E-state index is 12.4. The third kappa shape index (κ3) is 2.93. The summed E-state index contributed by atoms with van der Waals surface area (Å²) < 4.78 is 41.0. The van der Waals surface area contributed by atoms with Crippen molar-refractivity contribution in [2.45, 2.75) is 6.36 Å². The van der Waals surface area contributed by atoms with Gasteiger partial charge in [0, 0.05) is 0 Å². The Hall–Kier alpha value is -3.10. The van der Waals surface area contributed by atoms with Gasteiger partial charge in [-0.1, -0.05) is 18.2 Å². The molecule has 0 aliphatic heterocycles. The Balaban J connectivity index is 2.18. The van der Waals surface area contributed by atoms with Gasteiger partial charge >= 0.3 is 12.0 Å². The number of rotatable bonds is 3. The number of imidazole rings is 1. The Morgan fingerprint density at radius 2 is 1.87 bits per heavy atom. The minimum atomic E-state index is -5.03. The van der Waals surface area contributed by atoms with Crippen LogP contribution in [0.5, 0.6) is 5.75 Å². The molecule has 0 aliphatic carbocycles. The molecule has 0 radical (unpaired) electrons. The fraction of sp³-hybridized carbons (Fsp3) is 0.0714. The summed E-state index contributed by atoms with van der Waals surface area (Å²) in [5, 5.41) is 11.2. The molecule has 0 spiro atoms. The van der Waals surface area contributed by atoms with Crippen LogP contribution in [0.15, 0.2) is 42.5 Å². The first kappa shape index (κ1) is 14.8. The van der Waals surface area contributed by atoms with Crippen molar-refractivity contribution >= 4 is 16.7 Å². The first-order chi connectivity index (χ1) is 10.8. The molecule has 9 heteroatoms. The van der Waals surface area contributed by atoms with Crippen molar-refractivity contribution in [3.63, 3.8) is 0 Å². The van der Waals surface area contributed by atoms with E-state index in [2.05, 4.69) is 14.7 Å². The zero-order valence-electron chi connectivity index (χ0n) is 11.3. The van der Waals surface area contributed by atoms with E-state index in [0.29, 0.717) is 11.0 Å². The smallest absolute Gasteiger partial charge is 0.398 e. The van der Waals surface area contributed by atoms with Crippen molar-refractivity contribution in [2.75, 3.05) is 0 Å². The first-order valence-electron chi connectivity index (χ1n) is 6.33. The maximum atomic E-state index is 12.4. The Labute approximate surface area is 126 Å². The summed E-state index contributed by atoms with van der Waals surface area (Å²) in [7, 11) is 0. The van der Waals surface area contributed by atoms with Gasteiger partial charge in [0.05, 0.1) is 21.5 Å². The van der Waals surface area contributed by atoms with Gasteiger partial charge in [0.25, 0.3) is 0 Å². The Morgan fingerprint density at radius 1 is 1.13 bits per heavy atom. The second kappa shape index (κ2) is 5.27. The molecular weight excluding hydrogens is 315 g/mol. The summed E-state index contributed by atoms with van der Waals surface area (Å²) in [6, 6.07) is 10.3. The first-order valence-corrected chi connectivity index (χ1v) is 6.33. The second-order valence-electron chi connectivity index (χ2n) is 4.56. The summed E-state index contributed by atoms with van der Waals surface area (Å²) in [6.45, 7) is 0. The number of alkyl halides is 3. The van der Waals surface area contributed by atoms with Gasteiger partial charge < -0.3 is 9.72 Å². The summed E-state index contributed by atoms with van der Waals surface area (Å²) in [5.41, 5.74) is 0.259. The maximum Gasteiger partial charge on any atom is 0.573 e. The molecule has 0 amide bonds. The number of aromatic nitrogens is 2. The van der Waals surface area contributed by atoms with Crippen molar-refractivity contribution in [1.29, 1.82) is 0 Å². The van der Waals surface area contributed by atoms with Crippen LogP contribution in [-0.4, -0.2) is 21.3 Å². The quantitative estimate of drug-likeness (QED) is 0.582. The third-order valence-electron chi connectivity index (χ3n) is 3.05. The fourth-order valence-electron chi connectivity index (χ4n) is 2.19. The standard InChI is InChI=1S/C14H8F3N3O3/c15-14(16,17)23-11-7-3-4-8(12(11)20(21)22)13-18-9-5-1-2-6-10(9)19-13/h1-7H,(H,18,19). The van der Waals surface area contributed by atoms with E-state index in [1.54, 1.807) is 24.3 Å². The van der Waals surface area contributed by atoms with Crippen molar-refractivity contribution in [3.05, 3.63) is 52.6 Å². The Bertz CT molecular complexity index is 857. The van der Waals surface area contributed by atoms with Crippen molar-refractivity contribution in [2.24, 2.45) is 0 Å². The number of ether oxygens (including phenoxy) is 1. The number of nitrogens with one attached hydrogen (secondary N) is 1. The van der Waals surface area contributed by atoms with Gasteiger partial charge in [-0.25, -0.2) is 4.98 Å². The number of benzene rings is 2. The molecule has 0 saturated heterocycles. The zero-order chi connectivity index (χ0) is 16.6. The van der Waals surface area contributed by atoms with Gasteiger partial charge in [-0.2, -0.15) is 0 Å². The van der Waals surface area contributed by atoms with E-state index in [0.717, 1.165) is 6.07 Å². The van der Waals surface area contributed by atoms with Gasteiger partial charge in [-0.3, -0.25) is 10.1 Å². The van der Waals surface area contributed by atoms with Crippen LogP contribution >= 0.6 is 0 Å². The molecule has 0 bridgehead atoms. The molecule has 1 heterocycles. The van der Waals surface area contributed by atoms with Crippen LogP contribution in [0, 0.1) is 10.1 Å². The molecule has 0 unspecified atom stereocenters. The molecule has 6 nitrogen and oxygen atoms in total. The molecule has 0 aliphatic rings. The van der Waals surface area contributed by atoms with Crippen LogP contribution in [-0.2, 0) is 0 Å². The number of nitro groups is 1. The Morgan fingerprint density at radius 3 is 2.52 bits per heavy atom. The van der Waals surface area contributed by atoms with Crippen molar-refractivity contribution in [1.82, 2.24) is 9.97 Å². The zero-order valence-corrected chi connectivity index (χ0v) is 11.3. The highest BCUT2D eigenvalue weighted by Gasteiger charge is 2.36. The van der Waals surface area contributed by atoms with Crippen LogP contribution in [0.3, 0.4) is 0 Å². The average molecular weight is 323 g/mol. The Kier molecular flexibility index (Phi) is 3.40. The number of para-hydroxylation sites is 3. The minimum Gasteiger partial charge on any atom is -0.398 e. The third-order valence-corrected chi connectivity index (χ3v) is 3.05. The van der Waals surface area contributed by atoms with Gasteiger partial charge in [0.2, 0.25) is 5.75 Å². The number of nitro benzene ring substituents is 1. The van der Waals surface area contributed by atoms with E-state index >= 15 is 0 Å². The molecule has 23 heavy (non-hydrogen) atoms. The summed E-state index contributed by atoms with van der Waals surface area (Å²) in [4.78, 5) is 17.3. The lowest BCUT2D eigenvalue weighted by Crippen LogP contribution is -2.18. The number of H-pyrrole nitrogens is 1. The number of fused-ring (bicyclic) bond motifs is 1. The van der Waals surface area contributed by atoms with Crippen LogP contribution in [0.2, 0.25) is 0 Å². The normalized spacial score (nSPS) is 11.6. The van der Waals surface area contributed by atoms with E-state index < -0.39 is 22.7 Å². The highest BCUT2D eigenvalue weighted by molar-refractivity contribution is 5.82. The van der Waals surface area contributed by atoms with Crippen LogP contribution in [0.1, 0.15) is 0 Å². The summed E-state index contributed by atoms with van der Waals surface area (Å²) in [6.07, 6.45) is -5.03. The molecule has 3 rings (SSSR count). The van der Waals surface area contributed by atoms with Crippen LogP contribution in [0.25, 0.3) is 22.4 Å². The van der Waals surface area contributed by atoms with E-state index in [-0.39, 0.29) is 11.4 Å². The monoisotopic (exact) mass is 323 g/mol. The molecule has 0 saturated carbocycles. The van der Waals surface area contributed by atoms with E-state index in [1.807, 2.05) is 0 Å². The summed E-state index contributed by atoms with van der Waals surface area (Å²) in [5.74, 6) is -0.800. The van der Waals surface area contributed by atoms with Crippen LogP contribution < -0.4 is 4.74 Å². The lowest BCUT2D eigenvalue weighted by molar-refractivity contribution is -0.388. The van der Waals surface area contributed by atoms with Gasteiger partial charge in [0.15, 0.2) is 0 Å². The lowest BCUT2D eigenvalue weighted by atomic mass is 10.1. The number of nitrogens with zero attached hydrogens (tertiary/aromatic N) is 2. The highest BCUT2D eigenvalue weighted by atomic mass is 19.4. The van der Waals surface area contributed by atoms with Crippen LogP contribution in [0.4, 0.5) is 18.9 Å². The average Bonchev–Trinajstić information content (AvgIpc) is 2.88.